The van der Waals surface area contributed by atoms with Crippen LogP contribution in [-0.4, -0.2) is 35.4 Å². The molecule has 4 nitrogen and oxygen atoms in total. The number of piperazine rings is 1. The molecule has 1 aromatic carbocycles. The molecule has 1 aliphatic heterocycles. The molecule has 0 aliphatic carbocycles. The summed E-state index contributed by atoms with van der Waals surface area (Å²) in [6.07, 6.45) is 1.78. The summed E-state index contributed by atoms with van der Waals surface area (Å²) in [6, 6.07) is 7.75. The number of nitrogens with one attached hydrogen (secondary N) is 1. The second kappa shape index (κ2) is 5.15. The average Bonchev–Trinajstić information content (AvgIpc) is 2.38. The number of carbonyl (C=O) groups is 1. The first kappa shape index (κ1) is 12.4. The lowest BCUT2D eigenvalue weighted by Gasteiger charge is -2.26. The summed E-state index contributed by atoms with van der Waals surface area (Å²) in [4.78, 5) is 17.9. The van der Waals surface area contributed by atoms with Crippen molar-refractivity contribution in [2.45, 2.75) is 6.54 Å². The summed E-state index contributed by atoms with van der Waals surface area (Å²) in [7, 11) is 0. The van der Waals surface area contributed by atoms with E-state index in [0.717, 1.165) is 23.0 Å². The fraction of sp³-hybridized carbons (Fsp3) is 0.286. The minimum absolute atomic E-state index is 0.0746. The van der Waals surface area contributed by atoms with Crippen LogP contribution >= 0.6 is 11.6 Å². The smallest absolute Gasteiger partial charge is 0.234 e. The van der Waals surface area contributed by atoms with Gasteiger partial charge < -0.3 is 5.32 Å². The lowest BCUT2D eigenvalue weighted by Crippen LogP contribution is -2.47. The number of carbonyl (C=O) groups excluding carboxylic acids is 1. The highest BCUT2D eigenvalue weighted by Gasteiger charge is 2.17. The zero-order valence-corrected chi connectivity index (χ0v) is 11.2. The number of aromatic nitrogens is 1. The predicted molar refractivity (Wildman–Crippen MR) is 75.0 cm³/mol. The summed E-state index contributed by atoms with van der Waals surface area (Å²) in [5, 5.41) is 4.56. The quantitative estimate of drug-likeness (QED) is 0.909. The van der Waals surface area contributed by atoms with Gasteiger partial charge in [-0.2, -0.15) is 0 Å². The van der Waals surface area contributed by atoms with E-state index < -0.39 is 0 Å². The number of fused-ring (bicyclic) bond motifs is 1. The van der Waals surface area contributed by atoms with Gasteiger partial charge in [0.15, 0.2) is 0 Å². The van der Waals surface area contributed by atoms with E-state index in [1.54, 1.807) is 6.20 Å². The Morgan fingerprint density at radius 3 is 3.16 bits per heavy atom. The summed E-state index contributed by atoms with van der Waals surface area (Å²) in [6.45, 7) is 2.68. The molecule has 1 N–H and O–H groups in total. The Morgan fingerprint density at radius 1 is 1.42 bits per heavy atom. The molecule has 2 heterocycles. The fourth-order valence-electron chi connectivity index (χ4n) is 2.42. The van der Waals surface area contributed by atoms with E-state index in [0.29, 0.717) is 24.7 Å². The molecule has 0 saturated carbocycles. The van der Waals surface area contributed by atoms with Crippen molar-refractivity contribution in [3.8, 4) is 0 Å². The van der Waals surface area contributed by atoms with Crippen molar-refractivity contribution in [3.63, 3.8) is 0 Å². The number of pyridine rings is 1. The maximum absolute atomic E-state index is 11.4. The molecule has 0 radical (unpaired) electrons. The molecule has 1 aromatic heterocycles. The monoisotopic (exact) mass is 275 g/mol. The van der Waals surface area contributed by atoms with Crippen LogP contribution in [0, 0.1) is 0 Å². The van der Waals surface area contributed by atoms with E-state index in [9.17, 15) is 4.79 Å². The number of benzene rings is 1. The van der Waals surface area contributed by atoms with E-state index >= 15 is 0 Å². The van der Waals surface area contributed by atoms with Gasteiger partial charge in [-0.1, -0.05) is 17.7 Å². The van der Waals surface area contributed by atoms with Crippen LogP contribution in [0.3, 0.4) is 0 Å². The van der Waals surface area contributed by atoms with Crippen molar-refractivity contribution in [1.82, 2.24) is 15.2 Å². The van der Waals surface area contributed by atoms with Gasteiger partial charge in [-0.15, -0.1) is 0 Å². The van der Waals surface area contributed by atoms with Gasteiger partial charge in [0.05, 0.1) is 12.1 Å². The van der Waals surface area contributed by atoms with Gasteiger partial charge in [-0.05, 0) is 23.8 Å². The predicted octanol–water partition coefficient (Wildman–Crippen LogP) is 1.82. The van der Waals surface area contributed by atoms with Crippen molar-refractivity contribution in [2.24, 2.45) is 0 Å². The van der Waals surface area contributed by atoms with Crippen LogP contribution in [-0.2, 0) is 11.3 Å². The Labute approximate surface area is 116 Å². The molecule has 0 unspecified atom stereocenters. The third-order valence-corrected chi connectivity index (χ3v) is 3.48. The minimum Gasteiger partial charge on any atom is -0.354 e. The number of nitrogens with zero attached hydrogens (tertiary/aromatic N) is 2. The van der Waals surface area contributed by atoms with E-state index in [1.807, 2.05) is 24.3 Å². The first-order valence-electron chi connectivity index (χ1n) is 6.24. The topological polar surface area (TPSA) is 45.2 Å². The Kier molecular flexibility index (Phi) is 3.36. The molecular formula is C14H14ClN3O. The number of halogens is 1. The highest BCUT2D eigenvalue weighted by atomic mass is 35.5. The van der Waals surface area contributed by atoms with Crippen LogP contribution in [0.4, 0.5) is 0 Å². The van der Waals surface area contributed by atoms with Gasteiger partial charge in [0.1, 0.15) is 0 Å². The van der Waals surface area contributed by atoms with Gasteiger partial charge in [-0.25, -0.2) is 0 Å². The number of hydrogen-bond acceptors (Lipinski definition) is 3. The van der Waals surface area contributed by atoms with E-state index in [2.05, 4.69) is 15.2 Å². The molecule has 5 heteroatoms. The molecule has 2 aromatic rings. The van der Waals surface area contributed by atoms with Crippen molar-refractivity contribution < 1.29 is 4.79 Å². The summed E-state index contributed by atoms with van der Waals surface area (Å²) in [5.41, 5.74) is 2.02. The molecule has 3 rings (SSSR count). The van der Waals surface area contributed by atoms with Crippen molar-refractivity contribution in [2.75, 3.05) is 19.6 Å². The Morgan fingerprint density at radius 2 is 2.32 bits per heavy atom. The zero-order chi connectivity index (χ0) is 13.2. The number of rotatable bonds is 2. The van der Waals surface area contributed by atoms with E-state index in [1.165, 1.54) is 0 Å². The normalized spacial score (nSPS) is 16.6. The lowest BCUT2D eigenvalue weighted by molar-refractivity contribution is -0.124. The summed E-state index contributed by atoms with van der Waals surface area (Å²) in [5.74, 6) is 0.0746. The second-order valence-corrected chi connectivity index (χ2v) is 5.14. The van der Waals surface area contributed by atoms with Gasteiger partial charge in [0.2, 0.25) is 5.91 Å². The van der Waals surface area contributed by atoms with Gasteiger partial charge >= 0.3 is 0 Å². The van der Waals surface area contributed by atoms with E-state index in [-0.39, 0.29) is 5.91 Å². The van der Waals surface area contributed by atoms with E-state index in [4.69, 9.17) is 11.6 Å². The molecule has 98 valence electrons. The maximum atomic E-state index is 11.4. The Hall–Kier alpha value is -1.65. The van der Waals surface area contributed by atoms with Crippen LogP contribution in [0.25, 0.3) is 10.9 Å². The van der Waals surface area contributed by atoms with Crippen molar-refractivity contribution in [1.29, 1.82) is 0 Å². The molecule has 19 heavy (non-hydrogen) atoms. The summed E-state index contributed by atoms with van der Waals surface area (Å²) >= 11 is 6.14. The Bertz CT molecular complexity index is 629. The van der Waals surface area contributed by atoms with Crippen molar-refractivity contribution >= 4 is 28.4 Å². The van der Waals surface area contributed by atoms with Crippen LogP contribution in [0.5, 0.6) is 0 Å². The minimum atomic E-state index is 0.0746. The largest absolute Gasteiger partial charge is 0.354 e. The van der Waals surface area contributed by atoms with Gasteiger partial charge in [0, 0.05) is 36.2 Å². The third-order valence-electron chi connectivity index (χ3n) is 3.26. The first-order valence-corrected chi connectivity index (χ1v) is 6.62. The molecule has 0 spiro atoms. The lowest BCUT2D eigenvalue weighted by atomic mass is 10.1. The SMILES string of the molecule is O=C1CN(Cc2cc(Cl)cc3cccnc23)CCN1. The maximum Gasteiger partial charge on any atom is 0.234 e. The second-order valence-electron chi connectivity index (χ2n) is 4.70. The molecule has 1 amide bonds. The molecule has 1 saturated heterocycles. The fourth-order valence-corrected chi connectivity index (χ4v) is 2.66. The van der Waals surface area contributed by atoms with Crippen molar-refractivity contribution in [3.05, 3.63) is 41.0 Å². The average molecular weight is 276 g/mol. The standard InChI is InChI=1S/C14H14ClN3O/c15-12-6-10-2-1-3-17-14(10)11(7-12)8-18-5-4-16-13(19)9-18/h1-3,6-7H,4-5,8-9H2,(H,16,19). The molecule has 1 aliphatic rings. The molecule has 0 bridgehead atoms. The third kappa shape index (κ3) is 2.69. The van der Waals surface area contributed by atoms with Gasteiger partial charge in [-0.3, -0.25) is 14.7 Å². The highest BCUT2D eigenvalue weighted by Crippen LogP contribution is 2.23. The number of amides is 1. The first-order chi connectivity index (χ1) is 9.22. The van der Waals surface area contributed by atoms with Crippen LogP contribution in [0.2, 0.25) is 5.02 Å². The van der Waals surface area contributed by atoms with Crippen LogP contribution < -0.4 is 5.32 Å². The molecular weight excluding hydrogens is 262 g/mol. The zero-order valence-electron chi connectivity index (χ0n) is 10.4. The highest BCUT2D eigenvalue weighted by molar-refractivity contribution is 6.31. The summed E-state index contributed by atoms with van der Waals surface area (Å²) < 4.78 is 0. The Balaban J connectivity index is 1.93. The number of hydrogen-bond donors (Lipinski definition) is 1. The van der Waals surface area contributed by atoms with Crippen LogP contribution in [0.15, 0.2) is 30.5 Å². The molecule has 1 fully saturated rings. The molecule has 0 atom stereocenters. The van der Waals surface area contributed by atoms with Gasteiger partial charge in [0.25, 0.3) is 0 Å². The van der Waals surface area contributed by atoms with Crippen LogP contribution in [0.1, 0.15) is 5.56 Å².